The van der Waals surface area contributed by atoms with Crippen LogP contribution in [0.5, 0.6) is 0 Å². The Hall–Kier alpha value is -0.650. The summed E-state index contributed by atoms with van der Waals surface area (Å²) in [6.07, 6.45) is 1.61. The zero-order valence-corrected chi connectivity index (χ0v) is 13.2. The molecule has 1 heterocycles. The first kappa shape index (κ1) is 17.4. The third-order valence-corrected chi connectivity index (χ3v) is 3.17. The Balaban J connectivity index is 0.00000289. The number of pyridine rings is 1. The maximum absolute atomic E-state index is 12.2. The van der Waals surface area contributed by atoms with E-state index in [4.69, 9.17) is 5.73 Å². The van der Waals surface area contributed by atoms with Crippen LogP contribution in [0.25, 0.3) is 0 Å². The van der Waals surface area contributed by atoms with Crippen molar-refractivity contribution < 1.29 is 4.79 Å². The van der Waals surface area contributed by atoms with E-state index in [1.165, 1.54) is 0 Å². The lowest BCUT2D eigenvalue weighted by molar-refractivity contribution is 0.0734. The normalized spacial score (nSPS) is 10.7. The molecule has 0 aliphatic heterocycles. The Kier molecular flexibility index (Phi) is 6.81. The fraction of sp³-hybridized carbons (Fsp3) is 0.500. The molecular formula is C12H19BrClN3O. The van der Waals surface area contributed by atoms with E-state index >= 15 is 0 Å². The minimum Gasteiger partial charge on any atom is -0.340 e. The fourth-order valence-corrected chi connectivity index (χ4v) is 1.93. The molecule has 0 aliphatic rings. The van der Waals surface area contributed by atoms with Crippen LogP contribution in [0.4, 0.5) is 0 Å². The Morgan fingerprint density at radius 2 is 2.17 bits per heavy atom. The summed E-state index contributed by atoms with van der Waals surface area (Å²) in [6, 6.07) is 3.59. The average molecular weight is 337 g/mol. The molecule has 0 aliphatic carbocycles. The van der Waals surface area contributed by atoms with Gasteiger partial charge in [-0.2, -0.15) is 0 Å². The molecule has 0 atom stereocenters. The zero-order chi connectivity index (χ0) is 13.1. The van der Waals surface area contributed by atoms with Crippen molar-refractivity contribution in [3.63, 3.8) is 0 Å². The number of amides is 1. The first-order valence-electron chi connectivity index (χ1n) is 5.43. The van der Waals surface area contributed by atoms with E-state index in [2.05, 4.69) is 20.9 Å². The lowest BCUT2D eigenvalue weighted by Gasteiger charge is -2.28. The monoisotopic (exact) mass is 335 g/mol. The summed E-state index contributed by atoms with van der Waals surface area (Å²) in [5, 5.41) is 0. The number of nitrogens with two attached hydrogens (primary N) is 1. The first-order chi connectivity index (χ1) is 7.87. The number of carbonyl (C=O) groups excluding carboxylic acids is 1. The Bertz CT molecular complexity index is 412. The van der Waals surface area contributed by atoms with Crippen LogP contribution in [0.2, 0.25) is 0 Å². The van der Waals surface area contributed by atoms with Crippen molar-refractivity contribution >= 4 is 34.2 Å². The van der Waals surface area contributed by atoms with E-state index in [1.807, 2.05) is 19.9 Å². The van der Waals surface area contributed by atoms with Crippen LogP contribution < -0.4 is 5.73 Å². The quantitative estimate of drug-likeness (QED) is 0.918. The van der Waals surface area contributed by atoms with Crippen LogP contribution in [0, 0.1) is 5.41 Å². The number of carbonyl (C=O) groups is 1. The van der Waals surface area contributed by atoms with Gasteiger partial charge in [-0.3, -0.25) is 4.79 Å². The number of hydrogen-bond donors (Lipinski definition) is 1. The SMILES string of the molecule is CN(CC(C)(C)CN)C(=O)c1ncccc1Br.Cl. The fourth-order valence-electron chi connectivity index (χ4n) is 1.50. The molecule has 102 valence electrons. The summed E-state index contributed by atoms with van der Waals surface area (Å²) in [5.41, 5.74) is 6.00. The van der Waals surface area contributed by atoms with Crippen molar-refractivity contribution in [2.24, 2.45) is 11.1 Å². The van der Waals surface area contributed by atoms with E-state index < -0.39 is 0 Å². The number of hydrogen-bond acceptors (Lipinski definition) is 3. The molecule has 4 nitrogen and oxygen atoms in total. The second-order valence-electron chi connectivity index (χ2n) is 4.86. The highest BCUT2D eigenvalue weighted by Crippen LogP contribution is 2.18. The molecule has 18 heavy (non-hydrogen) atoms. The molecule has 1 aromatic rings. The van der Waals surface area contributed by atoms with Gasteiger partial charge in [0, 0.05) is 24.3 Å². The van der Waals surface area contributed by atoms with Crippen molar-refractivity contribution in [2.75, 3.05) is 20.1 Å². The van der Waals surface area contributed by atoms with E-state index in [1.54, 1.807) is 24.2 Å². The maximum Gasteiger partial charge on any atom is 0.273 e. The minimum atomic E-state index is -0.0981. The van der Waals surface area contributed by atoms with Gasteiger partial charge in [0.25, 0.3) is 5.91 Å². The molecule has 0 fully saturated rings. The van der Waals surface area contributed by atoms with Crippen LogP contribution in [0.3, 0.4) is 0 Å². The molecule has 6 heteroatoms. The molecule has 0 saturated heterocycles. The van der Waals surface area contributed by atoms with Gasteiger partial charge >= 0.3 is 0 Å². The minimum absolute atomic E-state index is 0. The molecule has 1 rings (SSSR count). The molecule has 0 bridgehead atoms. The van der Waals surface area contributed by atoms with Gasteiger partial charge in [-0.15, -0.1) is 12.4 Å². The summed E-state index contributed by atoms with van der Waals surface area (Å²) < 4.78 is 0.711. The molecule has 1 amide bonds. The predicted molar refractivity (Wildman–Crippen MR) is 79.0 cm³/mol. The van der Waals surface area contributed by atoms with E-state index in [0.717, 1.165) is 0 Å². The van der Waals surface area contributed by atoms with Crippen molar-refractivity contribution in [3.8, 4) is 0 Å². The Morgan fingerprint density at radius 1 is 1.56 bits per heavy atom. The van der Waals surface area contributed by atoms with Gasteiger partial charge in [0.1, 0.15) is 5.69 Å². The zero-order valence-electron chi connectivity index (χ0n) is 10.8. The van der Waals surface area contributed by atoms with Crippen LogP contribution >= 0.6 is 28.3 Å². The van der Waals surface area contributed by atoms with Gasteiger partial charge in [-0.1, -0.05) is 13.8 Å². The second kappa shape index (κ2) is 7.07. The summed E-state index contributed by atoms with van der Waals surface area (Å²) in [5.74, 6) is -0.0981. The van der Waals surface area contributed by atoms with E-state index in [0.29, 0.717) is 23.3 Å². The van der Waals surface area contributed by atoms with Crippen molar-refractivity contribution in [1.29, 1.82) is 0 Å². The summed E-state index contributed by atoms with van der Waals surface area (Å²) in [7, 11) is 1.76. The molecule has 0 spiro atoms. The number of aromatic nitrogens is 1. The summed E-state index contributed by atoms with van der Waals surface area (Å²) >= 11 is 3.33. The standard InChI is InChI=1S/C12H18BrN3O.ClH/c1-12(2,7-14)8-16(3)11(17)10-9(13)5-4-6-15-10;/h4-6H,7-8,14H2,1-3H3;1H. The first-order valence-corrected chi connectivity index (χ1v) is 6.23. The van der Waals surface area contributed by atoms with Gasteiger partial charge in [0.05, 0.1) is 0 Å². The highest BCUT2D eigenvalue weighted by Gasteiger charge is 2.23. The molecule has 0 unspecified atom stereocenters. The largest absolute Gasteiger partial charge is 0.340 e. The number of nitrogens with zero attached hydrogens (tertiary/aromatic N) is 2. The number of rotatable bonds is 4. The smallest absolute Gasteiger partial charge is 0.273 e. The van der Waals surface area contributed by atoms with Crippen molar-refractivity contribution in [3.05, 3.63) is 28.5 Å². The van der Waals surface area contributed by atoms with Crippen LogP contribution in [-0.4, -0.2) is 35.9 Å². The topological polar surface area (TPSA) is 59.2 Å². The molecule has 1 aromatic heterocycles. The predicted octanol–water partition coefficient (Wildman–Crippen LogP) is 2.32. The molecule has 2 N–H and O–H groups in total. The Morgan fingerprint density at radius 3 is 2.67 bits per heavy atom. The third-order valence-electron chi connectivity index (χ3n) is 2.53. The van der Waals surface area contributed by atoms with Crippen LogP contribution in [0.15, 0.2) is 22.8 Å². The van der Waals surface area contributed by atoms with E-state index in [-0.39, 0.29) is 23.7 Å². The van der Waals surface area contributed by atoms with Crippen LogP contribution in [-0.2, 0) is 0 Å². The molecule has 0 radical (unpaired) electrons. The molecular weight excluding hydrogens is 318 g/mol. The second-order valence-corrected chi connectivity index (χ2v) is 5.72. The lowest BCUT2D eigenvalue weighted by Crippen LogP contribution is -2.40. The average Bonchev–Trinajstić information content (AvgIpc) is 2.28. The van der Waals surface area contributed by atoms with Gasteiger partial charge < -0.3 is 10.6 Å². The maximum atomic E-state index is 12.2. The van der Waals surface area contributed by atoms with Gasteiger partial charge in [0.2, 0.25) is 0 Å². The highest BCUT2D eigenvalue weighted by molar-refractivity contribution is 9.10. The van der Waals surface area contributed by atoms with Crippen LogP contribution in [0.1, 0.15) is 24.3 Å². The molecule has 0 saturated carbocycles. The summed E-state index contributed by atoms with van der Waals surface area (Å²) in [4.78, 5) is 17.9. The third kappa shape index (κ3) is 4.55. The van der Waals surface area contributed by atoms with E-state index in [9.17, 15) is 4.79 Å². The van der Waals surface area contributed by atoms with Gasteiger partial charge in [-0.05, 0) is 40.0 Å². The Labute approximate surface area is 122 Å². The highest BCUT2D eigenvalue weighted by atomic mass is 79.9. The van der Waals surface area contributed by atoms with Crippen molar-refractivity contribution in [2.45, 2.75) is 13.8 Å². The van der Waals surface area contributed by atoms with Gasteiger partial charge in [-0.25, -0.2) is 4.98 Å². The summed E-state index contributed by atoms with van der Waals surface area (Å²) in [6.45, 7) is 5.20. The number of halogens is 2. The lowest BCUT2D eigenvalue weighted by atomic mass is 9.93. The molecule has 0 aromatic carbocycles. The van der Waals surface area contributed by atoms with Gasteiger partial charge in [0.15, 0.2) is 0 Å². The van der Waals surface area contributed by atoms with Crippen molar-refractivity contribution in [1.82, 2.24) is 9.88 Å².